The van der Waals surface area contributed by atoms with Crippen LogP contribution < -0.4 is 10.0 Å². The Morgan fingerprint density at radius 3 is 2.55 bits per heavy atom. The highest BCUT2D eigenvalue weighted by molar-refractivity contribution is 7.89. The molecule has 1 aliphatic heterocycles. The van der Waals surface area contributed by atoms with E-state index in [1.807, 2.05) is 4.90 Å². The van der Waals surface area contributed by atoms with Crippen molar-refractivity contribution in [3.8, 4) is 0 Å². The van der Waals surface area contributed by atoms with E-state index in [0.29, 0.717) is 44.3 Å². The number of amides is 2. The van der Waals surface area contributed by atoms with Gasteiger partial charge in [-0.25, -0.2) is 13.1 Å². The predicted octanol–water partition coefficient (Wildman–Crippen LogP) is -0.352. The predicted molar refractivity (Wildman–Crippen MR) is 107 cm³/mol. The molecule has 0 radical (unpaired) electrons. The summed E-state index contributed by atoms with van der Waals surface area (Å²) in [5.74, 6) is -0.174. The zero-order valence-electron chi connectivity index (χ0n) is 16.6. The average molecular weight is 425 g/mol. The SMILES string of the molecule is COCCNS(=O)(=O)c1cccc(C(=O)N2CCN(CC(=O)NC3CC3)CC2)c1. The van der Waals surface area contributed by atoms with E-state index in [4.69, 9.17) is 4.74 Å². The van der Waals surface area contributed by atoms with Crippen LogP contribution in [-0.4, -0.2) is 89.1 Å². The van der Waals surface area contributed by atoms with E-state index < -0.39 is 10.0 Å². The van der Waals surface area contributed by atoms with Gasteiger partial charge in [-0.3, -0.25) is 14.5 Å². The number of benzene rings is 1. The number of methoxy groups -OCH3 is 1. The first-order chi connectivity index (χ1) is 13.9. The largest absolute Gasteiger partial charge is 0.383 e. The van der Waals surface area contributed by atoms with Crippen LogP contribution in [0, 0.1) is 0 Å². The van der Waals surface area contributed by atoms with Crippen LogP contribution in [0.4, 0.5) is 0 Å². The third-order valence-corrected chi connectivity index (χ3v) is 6.42. The van der Waals surface area contributed by atoms with E-state index in [2.05, 4.69) is 10.0 Å². The van der Waals surface area contributed by atoms with Crippen molar-refractivity contribution < 1.29 is 22.7 Å². The molecule has 0 bridgehead atoms. The van der Waals surface area contributed by atoms with Gasteiger partial charge >= 0.3 is 0 Å². The summed E-state index contributed by atoms with van der Waals surface area (Å²) in [6, 6.07) is 6.38. The Hall–Kier alpha value is -2.01. The summed E-state index contributed by atoms with van der Waals surface area (Å²) in [6.07, 6.45) is 2.12. The minimum Gasteiger partial charge on any atom is -0.383 e. The first-order valence-corrected chi connectivity index (χ1v) is 11.3. The number of ether oxygens (including phenoxy) is 1. The summed E-state index contributed by atoms with van der Waals surface area (Å²) in [5.41, 5.74) is 0.333. The van der Waals surface area contributed by atoms with Crippen LogP contribution in [-0.2, 0) is 19.6 Å². The minimum absolute atomic E-state index is 0.0335. The molecule has 1 aliphatic carbocycles. The van der Waals surface area contributed by atoms with Crippen molar-refractivity contribution >= 4 is 21.8 Å². The zero-order chi connectivity index (χ0) is 20.9. The molecule has 0 aromatic heterocycles. The molecule has 1 saturated heterocycles. The molecule has 2 aliphatic rings. The molecular formula is C19H28N4O5S. The van der Waals surface area contributed by atoms with E-state index in [-0.39, 0.29) is 29.9 Å². The molecule has 10 heteroatoms. The van der Waals surface area contributed by atoms with Crippen LogP contribution in [0.1, 0.15) is 23.2 Å². The van der Waals surface area contributed by atoms with Gasteiger partial charge in [-0.05, 0) is 31.0 Å². The normalized spacial score (nSPS) is 17.9. The molecule has 3 rings (SSSR count). The van der Waals surface area contributed by atoms with E-state index >= 15 is 0 Å². The van der Waals surface area contributed by atoms with Crippen molar-refractivity contribution in [3.63, 3.8) is 0 Å². The van der Waals surface area contributed by atoms with Gasteiger partial charge in [0.15, 0.2) is 0 Å². The second-order valence-electron chi connectivity index (χ2n) is 7.33. The van der Waals surface area contributed by atoms with Gasteiger partial charge in [-0.15, -0.1) is 0 Å². The number of piperazine rings is 1. The molecule has 1 heterocycles. The van der Waals surface area contributed by atoms with Gasteiger partial charge < -0.3 is 15.0 Å². The third kappa shape index (κ3) is 6.23. The lowest BCUT2D eigenvalue weighted by Crippen LogP contribution is -2.51. The molecule has 9 nitrogen and oxygen atoms in total. The zero-order valence-corrected chi connectivity index (χ0v) is 17.4. The van der Waals surface area contributed by atoms with Crippen LogP contribution in [0.15, 0.2) is 29.2 Å². The number of nitrogens with zero attached hydrogens (tertiary/aromatic N) is 2. The summed E-state index contributed by atoms with van der Waals surface area (Å²) >= 11 is 0. The first-order valence-electron chi connectivity index (χ1n) is 9.79. The highest BCUT2D eigenvalue weighted by Crippen LogP contribution is 2.18. The second-order valence-corrected chi connectivity index (χ2v) is 9.10. The number of hydrogen-bond donors (Lipinski definition) is 2. The van der Waals surface area contributed by atoms with Gasteiger partial charge in [0.05, 0.1) is 18.0 Å². The fourth-order valence-electron chi connectivity index (χ4n) is 3.15. The summed E-state index contributed by atoms with van der Waals surface area (Å²) < 4.78 is 32.0. The Kier molecular flexibility index (Phi) is 7.23. The number of carbonyl (C=O) groups excluding carboxylic acids is 2. The Labute approximate surface area is 171 Å². The lowest BCUT2D eigenvalue weighted by molar-refractivity contribution is -0.122. The molecule has 2 amide bonds. The molecule has 29 heavy (non-hydrogen) atoms. The Balaban J connectivity index is 1.54. The standard InChI is InChI=1S/C19H28N4O5S/c1-28-12-7-20-29(26,27)17-4-2-3-15(13-17)19(25)23-10-8-22(9-11-23)14-18(24)21-16-5-6-16/h2-4,13,16,20H,5-12,14H2,1H3,(H,21,24). The van der Waals surface area contributed by atoms with Crippen LogP contribution in [0.5, 0.6) is 0 Å². The maximum absolute atomic E-state index is 12.8. The summed E-state index contributed by atoms with van der Waals surface area (Å²) in [6.45, 7) is 2.99. The monoisotopic (exact) mass is 424 g/mol. The van der Waals surface area contributed by atoms with Crippen LogP contribution >= 0.6 is 0 Å². The number of hydrogen-bond acceptors (Lipinski definition) is 6. The smallest absolute Gasteiger partial charge is 0.253 e. The average Bonchev–Trinajstić information content (AvgIpc) is 3.52. The van der Waals surface area contributed by atoms with Crippen molar-refractivity contribution in [2.75, 3.05) is 53.0 Å². The molecule has 160 valence electrons. The Bertz CT molecular complexity index is 833. The number of sulfonamides is 1. The summed E-state index contributed by atoms with van der Waals surface area (Å²) in [5, 5.41) is 2.97. The molecule has 1 aromatic carbocycles. The quantitative estimate of drug-likeness (QED) is 0.525. The van der Waals surface area contributed by atoms with E-state index in [0.717, 1.165) is 12.8 Å². The van der Waals surface area contributed by atoms with Crippen LogP contribution in [0.2, 0.25) is 0 Å². The van der Waals surface area contributed by atoms with Crippen molar-refractivity contribution in [2.45, 2.75) is 23.8 Å². The second kappa shape index (κ2) is 9.66. The lowest BCUT2D eigenvalue weighted by Gasteiger charge is -2.34. The first kappa shape index (κ1) is 21.7. The molecular weight excluding hydrogens is 396 g/mol. The van der Waals surface area contributed by atoms with Crippen molar-refractivity contribution in [1.29, 1.82) is 0 Å². The molecule has 1 aromatic rings. The van der Waals surface area contributed by atoms with E-state index in [9.17, 15) is 18.0 Å². The maximum atomic E-state index is 12.8. The fourth-order valence-corrected chi connectivity index (χ4v) is 4.21. The summed E-state index contributed by atoms with van der Waals surface area (Å²) in [7, 11) is -2.21. The molecule has 2 N–H and O–H groups in total. The highest BCUT2D eigenvalue weighted by Gasteiger charge is 2.27. The van der Waals surface area contributed by atoms with Crippen molar-refractivity contribution in [3.05, 3.63) is 29.8 Å². The van der Waals surface area contributed by atoms with Crippen molar-refractivity contribution in [2.24, 2.45) is 0 Å². The van der Waals surface area contributed by atoms with Gasteiger partial charge in [-0.2, -0.15) is 0 Å². The molecule has 2 fully saturated rings. The van der Waals surface area contributed by atoms with Gasteiger partial charge in [0.2, 0.25) is 15.9 Å². The van der Waals surface area contributed by atoms with E-state index in [1.54, 1.807) is 17.0 Å². The van der Waals surface area contributed by atoms with Crippen molar-refractivity contribution in [1.82, 2.24) is 19.8 Å². The van der Waals surface area contributed by atoms with Gasteiger partial charge in [0, 0.05) is 51.4 Å². The number of carbonyl (C=O) groups is 2. The molecule has 0 unspecified atom stereocenters. The van der Waals surface area contributed by atoms with Gasteiger partial charge in [-0.1, -0.05) is 6.07 Å². The van der Waals surface area contributed by atoms with Gasteiger partial charge in [0.1, 0.15) is 0 Å². The van der Waals surface area contributed by atoms with Crippen LogP contribution in [0.25, 0.3) is 0 Å². The minimum atomic E-state index is -3.70. The van der Waals surface area contributed by atoms with Gasteiger partial charge in [0.25, 0.3) is 5.91 Å². The van der Waals surface area contributed by atoms with Crippen LogP contribution in [0.3, 0.4) is 0 Å². The Morgan fingerprint density at radius 2 is 1.90 bits per heavy atom. The third-order valence-electron chi connectivity index (χ3n) is 4.96. The lowest BCUT2D eigenvalue weighted by atomic mass is 10.2. The maximum Gasteiger partial charge on any atom is 0.253 e. The number of rotatable bonds is 9. The topological polar surface area (TPSA) is 108 Å². The summed E-state index contributed by atoms with van der Waals surface area (Å²) in [4.78, 5) is 28.5. The molecule has 1 saturated carbocycles. The highest BCUT2D eigenvalue weighted by atomic mass is 32.2. The fraction of sp³-hybridized carbons (Fsp3) is 0.579. The molecule has 0 atom stereocenters. The molecule has 0 spiro atoms. The number of nitrogens with one attached hydrogen (secondary N) is 2. The van der Waals surface area contributed by atoms with E-state index in [1.165, 1.54) is 19.2 Å². The Morgan fingerprint density at radius 1 is 1.17 bits per heavy atom.